The molecule has 0 saturated carbocycles. The first kappa shape index (κ1) is 12.4. The third-order valence-corrected chi connectivity index (χ3v) is 4.04. The summed E-state index contributed by atoms with van der Waals surface area (Å²) in [4.78, 5) is 5.48. The lowest BCUT2D eigenvalue weighted by Gasteiger charge is -2.06. The van der Waals surface area contributed by atoms with E-state index < -0.39 is 0 Å². The van der Waals surface area contributed by atoms with Crippen molar-refractivity contribution in [3.05, 3.63) is 45.9 Å². The number of halogens is 1. The van der Waals surface area contributed by atoms with Gasteiger partial charge in [0.05, 0.1) is 12.5 Å². The van der Waals surface area contributed by atoms with E-state index in [4.69, 9.17) is 16.3 Å². The maximum absolute atomic E-state index is 6.37. The van der Waals surface area contributed by atoms with E-state index in [9.17, 15) is 0 Å². The van der Waals surface area contributed by atoms with Crippen molar-refractivity contribution in [2.24, 2.45) is 0 Å². The molecule has 0 amide bonds. The number of hydrogen-bond acceptors (Lipinski definition) is 3. The second-order valence-electron chi connectivity index (χ2n) is 3.89. The van der Waals surface area contributed by atoms with Gasteiger partial charge in [-0.1, -0.05) is 6.07 Å². The monoisotopic (exact) mass is 267 g/mol. The van der Waals surface area contributed by atoms with E-state index in [1.165, 1.54) is 0 Å². The number of aromatic nitrogens is 1. The minimum Gasteiger partial charge on any atom is -0.496 e. The molecule has 2 heterocycles. The maximum Gasteiger partial charge on any atom is 0.129 e. The summed E-state index contributed by atoms with van der Waals surface area (Å²) in [7, 11) is 1.66. The first-order valence-corrected chi connectivity index (χ1v) is 6.68. The first-order valence-electron chi connectivity index (χ1n) is 5.37. The first-order chi connectivity index (χ1) is 8.19. The minimum absolute atomic E-state index is 0.0425. The summed E-state index contributed by atoms with van der Waals surface area (Å²) >= 11 is 7.99. The Bertz CT molecular complexity index is 480. The van der Waals surface area contributed by atoms with E-state index in [0.29, 0.717) is 0 Å². The summed E-state index contributed by atoms with van der Waals surface area (Å²) in [6.07, 6.45) is 2.61. The number of nitrogens with zero attached hydrogens (tertiary/aromatic N) is 1. The van der Waals surface area contributed by atoms with Crippen LogP contribution in [0, 0.1) is 6.92 Å². The van der Waals surface area contributed by atoms with Crippen LogP contribution in [0.2, 0.25) is 0 Å². The molecule has 2 rings (SSSR count). The topological polar surface area (TPSA) is 22.1 Å². The van der Waals surface area contributed by atoms with Gasteiger partial charge in [0.1, 0.15) is 5.75 Å². The van der Waals surface area contributed by atoms with Crippen LogP contribution in [0.5, 0.6) is 5.75 Å². The molecule has 0 N–H and O–H groups in total. The fourth-order valence-electron chi connectivity index (χ4n) is 1.51. The molecule has 0 aliphatic carbocycles. The Morgan fingerprint density at radius 2 is 2.29 bits per heavy atom. The zero-order chi connectivity index (χ0) is 12.3. The Hall–Kier alpha value is -1.06. The summed E-state index contributed by atoms with van der Waals surface area (Å²) in [6, 6.07) is 6.06. The van der Waals surface area contributed by atoms with Gasteiger partial charge in [0.2, 0.25) is 0 Å². The van der Waals surface area contributed by atoms with Gasteiger partial charge in [0, 0.05) is 28.6 Å². The molecule has 0 bridgehead atoms. The molecule has 0 saturated heterocycles. The number of pyridine rings is 1. The van der Waals surface area contributed by atoms with Crippen LogP contribution < -0.4 is 4.74 Å². The highest BCUT2D eigenvalue weighted by atomic mass is 35.5. The van der Waals surface area contributed by atoms with Crippen LogP contribution >= 0.6 is 22.9 Å². The van der Waals surface area contributed by atoms with Crippen molar-refractivity contribution in [2.75, 3.05) is 7.11 Å². The Morgan fingerprint density at radius 1 is 1.47 bits per heavy atom. The fraction of sp³-hybridized carbons (Fsp3) is 0.308. The van der Waals surface area contributed by atoms with Crippen molar-refractivity contribution < 1.29 is 4.74 Å². The average Bonchev–Trinajstić information content (AvgIpc) is 2.81. The number of aryl methyl sites for hydroxylation is 1. The van der Waals surface area contributed by atoms with Gasteiger partial charge in [0.25, 0.3) is 0 Å². The van der Waals surface area contributed by atoms with E-state index in [2.05, 4.69) is 11.1 Å². The summed E-state index contributed by atoms with van der Waals surface area (Å²) < 4.78 is 5.15. The van der Waals surface area contributed by atoms with Crippen molar-refractivity contribution in [2.45, 2.75) is 18.7 Å². The number of hydrogen-bond donors (Lipinski definition) is 0. The van der Waals surface area contributed by atoms with Crippen molar-refractivity contribution in [1.29, 1.82) is 0 Å². The molecule has 0 fully saturated rings. The second-order valence-corrected chi connectivity index (χ2v) is 5.36. The normalized spacial score (nSPS) is 12.4. The molecule has 0 radical (unpaired) electrons. The Balaban J connectivity index is 2.05. The van der Waals surface area contributed by atoms with Gasteiger partial charge in [0.15, 0.2) is 0 Å². The van der Waals surface area contributed by atoms with Crippen molar-refractivity contribution in [1.82, 2.24) is 4.98 Å². The maximum atomic E-state index is 6.37. The molecule has 2 nitrogen and oxygen atoms in total. The zero-order valence-electron chi connectivity index (χ0n) is 9.81. The van der Waals surface area contributed by atoms with Gasteiger partial charge < -0.3 is 4.74 Å². The Labute approximate surface area is 110 Å². The number of ether oxygens (including phenoxy) is 1. The SMILES string of the molecule is COc1csc(C(Cl)Cc2ccc(C)cn2)c1. The van der Waals surface area contributed by atoms with Crippen LogP contribution in [-0.4, -0.2) is 12.1 Å². The lowest BCUT2D eigenvalue weighted by molar-refractivity contribution is 0.416. The van der Waals surface area contributed by atoms with E-state index in [1.54, 1.807) is 18.4 Å². The zero-order valence-corrected chi connectivity index (χ0v) is 11.4. The minimum atomic E-state index is -0.0425. The molecule has 2 aromatic rings. The molecule has 0 aliphatic heterocycles. The Kier molecular flexibility index (Phi) is 4.02. The highest BCUT2D eigenvalue weighted by molar-refractivity contribution is 7.10. The molecule has 0 aliphatic rings. The number of rotatable bonds is 4. The van der Waals surface area contributed by atoms with E-state index in [1.807, 2.05) is 30.6 Å². The van der Waals surface area contributed by atoms with Crippen molar-refractivity contribution in [3.63, 3.8) is 0 Å². The van der Waals surface area contributed by atoms with Gasteiger partial charge >= 0.3 is 0 Å². The van der Waals surface area contributed by atoms with Crippen LogP contribution in [0.1, 0.15) is 21.5 Å². The van der Waals surface area contributed by atoms with Gasteiger partial charge in [-0.15, -0.1) is 22.9 Å². The third kappa shape index (κ3) is 3.20. The molecule has 4 heteroatoms. The van der Waals surface area contributed by atoms with Crippen LogP contribution in [0.3, 0.4) is 0 Å². The number of methoxy groups -OCH3 is 1. The van der Waals surface area contributed by atoms with Crippen LogP contribution in [0.15, 0.2) is 29.8 Å². The summed E-state index contributed by atoms with van der Waals surface area (Å²) in [5.41, 5.74) is 2.18. The quantitative estimate of drug-likeness (QED) is 0.782. The van der Waals surface area contributed by atoms with Crippen LogP contribution in [0.25, 0.3) is 0 Å². The van der Waals surface area contributed by atoms with Crippen molar-refractivity contribution >= 4 is 22.9 Å². The van der Waals surface area contributed by atoms with E-state index >= 15 is 0 Å². The van der Waals surface area contributed by atoms with E-state index in [-0.39, 0.29) is 5.38 Å². The smallest absolute Gasteiger partial charge is 0.129 e. The third-order valence-electron chi connectivity index (χ3n) is 2.50. The van der Waals surface area contributed by atoms with Crippen LogP contribution in [-0.2, 0) is 6.42 Å². The predicted molar refractivity (Wildman–Crippen MR) is 72.1 cm³/mol. The second kappa shape index (κ2) is 5.52. The molecule has 90 valence electrons. The summed E-state index contributed by atoms with van der Waals surface area (Å²) in [5.74, 6) is 0.868. The van der Waals surface area contributed by atoms with Gasteiger partial charge in [-0.05, 0) is 24.6 Å². The number of alkyl halides is 1. The molecular weight excluding hydrogens is 254 g/mol. The van der Waals surface area contributed by atoms with E-state index in [0.717, 1.165) is 28.3 Å². The highest BCUT2D eigenvalue weighted by Crippen LogP contribution is 2.32. The Morgan fingerprint density at radius 3 is 2.88 bits per heavy atom. The largest absolute Gasteiger partial charge is 0.496 e. The molecule has 1 unspecified atom stereocenters. The summed E-state index contributed by atoms with van der Waals surface area (Å²) in [5, 5.41) is 1.92. The molecule has 1 atom stereocenters. The van der Waals surface area contributed by atoms with Gasteiger partial charge in [-0.2, -0.15) is 0 Å². The average molecular weight is 268 g/mol. The van der Waals surface area contributed by atoms with Gasteiger partial charge in [-0.3, -0.25) is 4.98 Å². The standard InChI is InChI=1S/C13H14ClNOS/c1-9-3-4-10(15-7-9)5-12(14)13-6-11(16-2)8-17-13/h3-4,6-8,12H,5H2,1-2H3. The predicted octanol–water partition coefficient (Wildman–Crippen LogP) is 3.98. The molecule has 0 spiro atoms. The fourth-order valence-corrected chi connectivity index (χ4v) is 2.72. The molecule has 17 heavy (non-hydrogen) atoms. The van der Waals surface area contributed by atoms with Gasteiger partial charge in [-0.25, -0.2) is 0 Å². The van der Waals surface area contributed by atoms with Crippen LogP contribution in [0.4, 0.5) is 0 Å². The molecular formula is C13H14ClNOS. The number of thiophene rings is 1. The highest BCUT2D eigenvalue weighted by Gasteiger charge is 2.12. The summed E-state index contributed by atoms with van der Waals surface area (Å²) in [6.45, 7) is 2.03. The lowest BCUT2D eigenvalue weighted by atomic mass is 10.2. The van der Waals surface area contributed by atoms with Crippen molar-refractivity contribution in [3.8, 4) is 5.75 Å². The molecule has 2 aromatic heterocycles. The molecule has 0 aromatic carbocycles. The lowest BCUT2D eigenvalue weighted by Crippen LogP contribution is -1.96.